The van der Waals surface area contributed by atoms with E-state index < -0.39 is 0 Å². The van der Waals surface area contributed by atoms with Crippen LogP contribution in [0.1, 0.15) is 31.5 Å². The summed E-state index contributed by atoms with van der Waals surface area (Å²) in [4.78, 5) is 9.59. The molecule has 3 heterocycles. The van der Waals surface area contributed by atoms with Gasteiger partial charge in [-0.3, -0.25) is 4.98 Å². The van der Waals surface area contributed by atoms with E-state index in [4.69, 9.17) is 9.72 Å². The third-order valence-corrected chi connectivity index (χ3v) is 5.51. The van der Waals surface area contributed by atoms with Gasteiger partial charge in [-0.1, -0.05) is 18.2 Å². The Morgan fingerprint density at radius 3 is 2.67 bits per heavy atom. The van der Waals surface area contributed by atoms with Gasteiger partial charge in [0, 0.05) is 31.6 Å². The lowest BCUT2D eigenvalue weighted by Gasteiger charge is -2.23. The van der Waals surface area contributed by atoms with Crippen LogP contribution in [0.4, 0.5) is 0 Å². The number of imidazole rings is 1. The second kappa shape index (κ2) is 5.85. The molecular weight excluding hydrogens is 298 g/mol. The highest BCUT2D eigenvalue weighted by atomic mass is 16.5. The van der Waals surface area contributed by atoms with Crippen LogP contribution in [0.3, 0.4) is 0 Å². The minimum absolute atomic E-state index is 0.695. The highest BCUT2D eigenvalue weighted by Crippen LogP contribution is 2.35. The SMILES string of the molecule is c1ccc2c(c1)ncc1nc(CC3CC3)n(CC3CCOCC3)c12. The molecule has 0 atom stereocenters. The zero-order chi connectivity index (χ0) is 15.9. The van der Waals surface area contributed by atoms with E-state index in [0.717, 1.165) is 56.0 Å². The monoisotopic (exact) mass is 321 g/mol. The van der Waals surface area contributed by atoms with Crippen LogP contribution in [0.2, 0.25) is 0 Å². The number of rotatable bonds is 4. The average Bonchev–Trinajstić information content (AvgIpc) is 3.38. The number of fused-ring (bicyclic) bond motifs is 3. The zero-order valence-corrected chi connectivity index (χ0v) is 13.9. The summed E-state index contributed by atoms with van der Waals surface area (Å²) in [6, 6.07) is 8.45. The van der Waals surface area contributed by atoms with E-state index in [1.807, 2.05) is 6.20 Å². The van der Waals surface area contributed by atoms with E-state index in [2.05, 4.69) is 33.8 Å². The maximum Gasteiger partial charge on any atom is 0.110 e. The first-order chi connectivity index (χ1) is 11.9. The molecule has 2 aromatic heterocycles. The second-order valence-corrected chi connectivity index (χ2v) is 7.35. The molecule has 4 heteroatoms. The summed E-state index contributed by atoms with van der Waals surface area (Å²) in [5, 5.41) is 1.23. The quantitative estimate of drug-likeness (QED) is 0.730. The van der Waals surface area contributed by atoms with Crippen LogP contribution in [0.5, 0.6) is 0 Å². The zero-order valence-electron chi connectivity index (χ0n) is 13.9. The number of nitrogens with zero attached hydrogens (tertiary/aromatic N) is 3. The minimum Gasteiger partial charge on any atom is -0.381 e. The number of benzene rings is 1. The van der Waals surface area contributed by atoms with E-state index in [1.54, 1.807) is 0 Å². The normalized spacial score (nSPS) is 19.3. The van der Waals surface area contributed by atoms with Crippen LogP contribution in [-0.2, 0) is 17.7 Å². The van der Waals surface area contributed by atoms with Gasteiger partial charge in [0.25, 0.3) is 0 Å². The van der Waals surface area contributed by atoms with E-state index in [-0.39, 0.29) is 0 Å². The first kappa shape index (κ1) is 14.4. The van der Waals surface area contributed by atoms with Crippen molar-refractivity contribution in [3.8, 4) is 0 Å². The van der Waals surface area contributed by atoms with Gasteiger partial charge in [0.05, 0.1) is 17.2 Å². The van der Waals surface area contributed by atoms with Gasteiger partial charge >= 0.3 is 0 Å². The van der Waals surface area contributed by atoms with Crippen LogP contribution in [-0.4, -0.2) is 27.7 Å². The van der Waals surface area contributed by atoms with Gasteiger partial charge in [0.1, 0.15) is 11.3 Å². The van der Waals surface area contributed by atoms with Crippen LogP contribution in [0.25, 0.3) is 21.9 Å². The van der Waals surface area contributed by atoms with Crippen LogP contribution in [0, 0.1) is 11.8 Å². The molecule has 0 unspecified atom stereocenters. The van der Waals surface area contributed by atoms with Gasteiger partial charge < -0.3 is 9.30 Å². The van der Waals surface area contributed by atoms with Crippen molar-refractivity contribution in [2.45, 2.75) is 38.6 Å². The molecule has 0 amide bonds. The summed E-state index contributed by atoms with van der Waals surface area (Å²) in [5.41, 5.74) is 3.40. The Morgan fingerprint density at radius 2 is 1.83 bits per heavy atom. The lowest BCUT2D eigenvalue weighted by Crippen LogP contribution is -2.21. The highest BCUT2D eigenvalue weighted by Gasteiger charge is 2.26. The summed E-state index contributed by atoms with van der Waals surface area (Å²) in [6.45, 7) is 2.87. The summed E-state index contributed by atoms with van der Waals surface area (Å²) >= 11 is 0. The summed E-state index contributed by atoms with van der Waals surface area (Å²) in [6.07, 6.45) is 8.11. The van der Waals surface area contributed by atoms with Crippen molar-refractivity contribution in [1.29, 1.82) is 0 Å². The number of hydrogen-bond donors (Lipinski definition) is 0. The number of aromatic nitrogens is 3. The Labute approximate surface area is 141 Å². The molecule has 0 bridgehead atoms. The van der Waals surface area contributed by atoms with Crippen LogP contribution in [0.15, 0.2) is 30.5 Å². The molecule has 3 aromatic rings. The predicted octanol–water partition coefficient (Wildman–Crippen LogP) is 3.96. The number of pyridine rings is 1. The third kappa shape index (κ3) is 2.59. The van der Waals surface area contributed by atoms with Crippen molar-refractivity contribution in [3.05, 3.63) is 36.3 Å². The maximum absolute atomic E-state index is 5.55. The third-order valence-electron chi connectivity index (χ3n) is 5.51. The Morgan fingerprint density at radius 1 is 1.00 bits per heavy atom. The topological polar surface area (TPSA) is 39.9 Å². The van der Waals surface area contributed by atoms with Crippen LogP contribution >= 0.6 is 0 Å². The largest absolute Gasteiger partial charge is 0.381 e. The molecule has 1 aromatic carbocycles. The van der Waals surface area contributed by atoms with Gasteiger partial charge in [-0.15, -0.1) is 0 Å². The van der Waals surface area contributed by atoms with E-state index in [0.29, 0.717) is 5.92 Å². The minimum atomic E-state index is 0.695. The lowest BCUT2D eigenvalue weighted by atomic mass is 10.00. The first-order valence-corrected chi connectivity index (χ1v) is 9.19. The Bertz CT molecular complexity index is 875. The van der Waals surface area contributed by atoms with Gasteiger partial charge in [0.15, 0.2) is 0 Å². The van der Waals surface area contributed by atoms with E-state index >= 15 is 0 Å². The van der Waals surface area contributed by atoms with E-state index in [9.17, 15) is 0 Å². The molecule has 2 aliphatic rings. The molecule has 0 N–H and O–H groups in total. The summed E-state index contributed by atoms with van der Waals surface area (Å²) in [7, 11) is 0. The Hall–Kier alpha value is -1.94. The molecular formula is C20H23N3O. The van der Waals surface area contributed by atoms with Gasteiger partial charge in [-0.2, -0.15) is 0 Å². The number of ether oxygens (including phenoxy) is 1. The predicted molar refractivity (Wildman–Crippen MR) is 95.0 cm³/mol. The second-order valence-electron chi connectivity index (χ2n) is 7.35. The molecule has 24 heavy (non-hydrogen) atoms. The summed E-state index contributed by atoms with van der Waals surface area (Å²) < 4.78 is 8.05. The van der Waals surface area contributed by atoms with Crippen molar-refractivity contribution in [2.75, 3.05) is 13.2 Å². The van der Waals surface area contributed by atoms with Crippen molar-refractivity contribution >= 4 is 21.9 Å². The fraction of sp³-hybridized carbons (Fsp3) is 0.500. The molecule has 2 fully saturated rings. The molecule has 1 saturated carbocycles. The Kier molecular flexibility index (Phi) is 3.51. The molecule has 0 radical (unpaired) electrons. The number of para-hydroxylation sites is 1. The maximum atomic E-state index is 5.55. The summed E-state index contributed by atoms with van der Waals surface area (Å²) in [5.74, 6) is 2.80. The fourth-order valence-corrected chi connectivity index (χ4v) is 3.93. The highest BCUT2D eigenvalue weighted by molar-refractivity contribution is 6.02. The van der Waals surface area contributed by atoms with Crippen LogP contribution < -0.4 is 0 Å². The Balaban J connectivity index is 1.65. The molecule has 4 nitrogen and oxygen atoms in total. The van der Waals surface area contributed by atoms with E-state index in [1.165, 1.54) is 29.6 Å². The van der Waals surface area contributed by atoms with Crippen molar-refractivity contribution in [3.63, 3.8) is 0 Å². The smallest absolute Gasteiger partial charge is 0.110 e. The van der Waals surface area contributed by atoms with Gasteiger partial charge in [-0.25, -0.2) is 4.98 Å². The molecule has 5 rings (SSSR count). The van der Waals surface area contributed by atoms with Crippen molar-refractivity contribution < 1.29 is 4.74 Å². The van der Waals surface area contributed by atoms with Crippen molar-refractivity contribution in [1.82, 2.24) is 14.5 Å². The molecule has 124 valence electrons. The number of hydrogen-bond acceptors (Lipinski definition) is 3. The first-order valence-electron chi connectivity index (χ1n) is 9.19. The van der Waals surface area contributed by atoms with Gasteiger partial charge in [-0.05, 0) is 43.6 Å². The van der Waals surface area contributed by atoms with Gasteiger partial charge in [0.2, 0.25) is 0 Å². The standard InChI is InChI=1S/C20H23N3O/c1-2-4-17-16(3-1)20-18(12-21-17)22-19(11-14-5-6-14)23(20)13-15-7-9-24-10-8-15/h1-4,12,14-15H,5-11,13H2. The van der Waals surface area contributed by atoms with Crippen molar-refractivity contribution in [2.24, 2.45) is 11.8 Å². The molecule has 0 spiro atoms. The fourth-order valence-electron chi connectivity index (χ4n) is 3.93. The lowest BCUT2D eigenvalue weighted by molar-refractivity contribution is 0.0613. The molecule has 1 aliphatic heterocycles. The molecule has 1 aliphatic carbocycles. The molecule has 1 saturated heterocycles. The average molecular weight is 321 g/mol.